The fourth-order valence-electron chi connectivity index (χ4n) is 4.26. The summed E-state index contributed by atoms with van der Waals surface area (Å²) in [6.45, 7) is 2.79. The number of nitrogens with zero attached hydrogens (tertiary/aromatic N) is 5. The minimum Gasteiger partial charge on any atom is -0.340 e. The highest BCUT2D eigenvalue weighted by molar-refractivity contribution is 5.65. The van der Waals surface area contributed by atoms with E-state index in [2.05, 4.69) is 26.3 Å². The van der Waals surface area contributed by atoms with Gasteiger partial charge in [0.05, 0.1) is 5.69 Å². The molecule has 33 heavy (non-hydrogen) atoms. The lowest BCUT2D eigenvalue weighted by Crippen LogP contribution is -2.34. The molecule has 1 saturated heterocycles. The maximum atomic E-state index is 13.7. The van der Waals surface area contributed by atoms with Crippen molar-refractivity contribution < 1.29 is 4.39 Å². The van der Waals surface area contributed by atoms with E-state index in [-0.39, 0.29) is 11.7 Å². The molecule has 6 nitrogen and oxygen atoms in total. The van der Waals surface area contributed by atoms with Crippen LogP contribution in [0.2, 0.25) is 0 Å². The normalized spacial score (nSPS) is 16.5. The second kappa shape index (κ2) is 9.83. The van der Waals surface area contributed by atoms with Crippen molar-refractivity contribution in [1.82, 2.24) is 24.8 Å². The molecule has 4 aromatic rings. The quantitative estimate of drug-likeness (QED) is 0.445. The Balaban J connectivity index is 1.44. The molecule has 0 bridgehead atoms. The molecule has 1 aromatic carbocycles. The van der Waals surface area contributed by atoms with Gasteiger partial charge in [0.15, 0.2) is 0 Å². The van der Waals surface area contributed by atoms with Gasteiger partial charge in [-0.1, -0.05) is 12.1 Å². The number of aromatic nitrogens is 4. The van der Waals surface area contributed by atoms with Crippen molar-refractivity contribution in [2.75, 3.05) is 18.4 Å². The first-order valence-corrected chi connectivity index (χ1v) is 11.2. The van der Waals surface area contributed by atoms with Crippen molar-refractivity contribution in [2.24, 2.45) is 0 Å². The summed E-state index contributed by atoms with van der Waals surface area (Å²) in [7, 11) is 0. The Labute approximate surface area is 192 Å². The third-order valence-electron chi connectivity index (χ3n) is 5.82. The minimum absolute atomic E-state index is 0.213. The molecule has 4 heterocycles. The molecule has 0 amide bonds. The molecule has 1 N–H and O–H groups in total. The number of benzene rings is 1. The first-order valence-electron chi connectivity index (χ1n) is 11.2. The van der Waals surface area contributed by atoms with E-state index in [1.54, 1.807) is 24.7 Å². The Bertz CT molecular complexity index is 1200. The van der Waals surface area contributed by atoms with Crippen LogP contribution in [0.15, 0.2) is 79.4 Å². The van der Waals surface area contributed by atoms with Gasteiger partial charge in [0.2, 0.25) is 0 Å². The molecule has 1 atom stereocenters. The number of likely N-dealkylation sites (tertiary alicyclic amines) is 1. The summed E-state index contributed by atoms with van der Waals surface area (Å²) >= 11 is 0. The monoisotopic (exact) mass is 440 g/mol. The van der Waals surface area contributed by atoms with Gasteiger partial charge in [-0.25, -0.2) is 14.4 Å². The van der Waals surface area contributed by atoms with Crippen molar-refractivity contribution in [1.29, 1.82) is 0 Å². The Hall–Kier alpha value is -3.71. The van der Waals surface area contributed by atoms with Crippen molar-refractivity contribution in [3.63, 3.8) is 0 Å². The number of halogens is 1. The third-order valence-corrected chi connectivity index (χ3v) is 5.82. The van der Waals surface area contributed by atoms with Crippen LogP contribution >= 0.6 is 0 Å². The lowest BCUT2D eigenvalue weighted by atomic mass is 9.96. The Morgan fingerprint density at radius 1 is 0.970 bits per heavy atom. The van der Waals surface area contributed by atoms with Crippen LogP contribution in [0.3, 0.4) is 0 Å². The van der Waals surface area contributed by atoms with Gasteiger partial charge < -0.3 is 5.32 Å². The minimum atomic E-state index is -0.290. The summed E-state index contributed by atoms with van der Waals surface area (Å²) in [6, 6.07) is 16.3. The number of hydrogen-bond acceptors (Lipinski definition) is 6. The fourth-order valence-corrected chi connectivity index (χ4v) is 4.26. The maximum Gasteiger partial charge on any atom is 0.135 e. The summed E-state index contributed by atoms with van der Waals surface area (Å²) < 4.78 is 13.7. The Morgan fingerprint density at radius 3 is 2.70 bits per heavy atom. The fraction of sp³-hybridized carbons (Fsp3) is 0.231. The highest BCUT2D eigenvalue weighted by Crippen LogP contribution is 2.29. The zero-order chi connectivity index (χ0) is 22.5. The van der Waals surface area contributed by atoms with E-state index in [1.807, 2.05) is 36.5 Å². The maximum absolute atomic E-state index is 13.7. The van der Waals surface area contributed by atoms with Gasteiger partial charge in [-0.05, 0) is 61.3 Å². The molecule has 3 aromatic heterocycles. The van der Waals surface area contributed by atoms with Crippen LogP contribution in [0, 0.1) is 5.82 Å². The number of hydrogen-bond donors (Lipinski definition) is 1. The number of rotatable bonds is 6. The summed E-state index contributed by atoms with van der Waals surface area (Å²) in [4.78, 5) is 20.6. The highest BCUT2D eigenvalue weighted by atomic mass is 19.1. The van der Waals surface area contributed by atoms with Crippen LogP contribution in [-0.4, -0.2) is 37.9 Å². The van der Waals surface area contributed by atoms with Crippen LogP contribution in [0.5, 0.6) is 0 Å². The molecule has 166 valence electrons. The Kier molecular flexibility index (Phi) is 6.30. The van der Waals surface area contributed by atoms with E-state index in [9.17, 15) is 4.39 Å². The average molecular weight is 441 g/mol. The lowest BCUT2D eigenvalue weighted by molar-refractivity contribution is 0.196. The van der Waals surface area contributed by atoms with E-state index in [0.29, 0.717) is 11.5 Å². The van der Waals surface area contributed by atoms with Crippen LogP contribution in [0.25, 0.3) is 11.3 Å². The number of piperidine rings is 1. The van der Waals surface area contributed by atoms with Gasteiger partial charge in [-0.15, -0.1) is 0 Å². The van der Waals surface area contributed by atoms with Crippen LogP contribution in [-0.2, 0) is 6.54 Å². The Morgan fingerprint density at radius 2 is 1.88 bits per heavy atom. The van der Waals surface area contributed by atoms with Crippen molar-refractivity contribution in [3.8, 4) is 11.3 Å². The standard InChI is InChI=1S/C26H25FN6/c27-22-6-1-7-23(14-22)30-25-15-24(20-8-11-28-12-9-20)31-26(32-25)21-5-3-13-33(18-21)17-19-4-2-10-29-16-19/h1-2,4,6-12,14-16,21H,3,5,13,17-18H2,(H,30,31,32)/t21-/m1/s1. The van der Waals surface area contributed by atoms with E-state index < -0.39 is 0 Å². The second-order valence-electron chi connectivity index (χ2n) is 8.30. The highest BCUT2D eigenvalue weighted by Gasteiger charge is 2.24. The third kappa shape index (κ3) is 5.38. The average Bonchev–Trinajstić information content (AvgIpc) is 2.85. The zero-order valence-electron chi connectivity index (χ0n) is 18.2. The van der Waals surface area contributed by atoms with E-state index >= 15 is 0 Å². The van der Waals surface area contributed by atoms with Crippen LogP contribution < -0.4 is 5.32 Å². The molecule has 0 aliphatic carbocycles. The predicted octanol–water partition coefficient (Wildman–Crippen LogP) is 5.20. The van der Waals surface area contributed by atoms with Crippen molar-refractivity contribution in [2.45, 2.75) is 25.3 Å². The largest absolute Gasteiger partial charge is 0.340 e. The first kappa shape index (κ1) is 21.2. The van der Waals surface area contributed by atoms with Gasteiger partial charge >= 0.3 is 0 Å². The molecule has 1 fully saturated rings. The summed E-state index contributed by atoms with van der Waals surface area (Å²) in [6.07, 6.45) is 9.35. The van der Waals surface area contributed by atoms with E-state index in [4.69, 9.17) is 9.97 Å². The van der Waals surface area contributed by atoms with Gasteiger partial charge in [-0.2, -0.15) is 0 Å². The molecule has 1 aliphatic heterocycles. The van der Waals surface area contributed by atoms with Crippen LogP contribution in [0.4, 0.5) is 15.9 Å². The second-order valence-corrected chi connectivity index (χ2v) is 8.30. The molecule has 0 radical (unpaired) electrons. The van der Waals surface area contributed by atoms with E-state index in [1.165, 1.54) is 17.7 Å². The van der Waals surface area contributed by atoms with Gasteiger partial charge in [0.25, 0.3) is 0 Å². The smallest absolute Gasteiger partial charge is 0.135 e. The topological polar surface area (TPSA) is 66.8 Å². The molecule has 0 unspecified atom stereocenters. The first-order chi connectivity index (χ1) is 16.2. The number of pyridine rings is 2. The molecule has 5 rings (SSSR count). The SMILES string of the molecule is Fc1cccc(Nc2cc(-c3ccncc3)nc([C@@H]3CCCN(Cc4cccnc4)C3)n2)c1. The van der Waals surface area contributed by atoms with Crippen molar-refractivity contribution >= 4 is 11.5 Å². The number of nitrogens with one attached hydrogen (secondary N) is 1. The van der Waals surface area contributed by atoms with E-state index in [0.717, 1.165) is 49.6 Å². The molecule has 0 saturated carbocycles. The summed E-state index contributed by atoms with van der Waals surface area (Å²) in [5.74, 6) is 1.38. The summed E-state index contributed by atoms with van der Waals surface area (Å²) in [5.41, 5.74) is 3.66. The molecular formula is C26H25FN6. The van der Waals surface area contributed by atoms with Gasteiger partial charge in [0.1, 0.15) is 17.5 Å². The molecule has 7 heteroatoms. The zero-order valence-corrected chi connectivity index (χ0v) is 18.2. The molecule has 0 spiro atoms. The van der Waals surface area contributed by atoms with Crippen molar-refractivity contribution in [3.05, 3.63) is 96.6 Å². The number of anilines is 2. The molecule has 1 aliphatic rings. The summed E-state index contributed by atoms with van der Waals surface area (Å²) in [5, 5.41) is 3.26. The molecular weight excluding hydrogens is 415 g/mol. The van der Waals surface area contributed by atoms with Crippen LogP contribution in [0.1, 0.15) is 30.1 Å². The lowest BCUT2D eigenvalue weighted by Gasteiger charge is -2.32. The predicted molar refractivity (Wildman–Crippen MR) is 126 cm³/mol. The van der Waals surface area contributed by atoms with Gasteiger partial charge in [-0.3, -0.25) is 14.9 Å². The van der Waals surface area contributed by atoms with Gasteiger partial charge in [0, 0.05) is 61.1 Å².